The van der Waals surface area contributed by atoms with E-state index in [0.29, 0.717) is 0 Å². The van der Waals surface area contributed by atoms with Crippen LogP contribution in [0.2, 0.25) is 0 Å². The van der Waals surface area contributed by atoms with Crippen LogP contribution in [-0.2, 0) is 4.74 Å². The molecular weight excluding hydrogens is 264 g/mol. The van der Waals surface area contributed by atoms with Crippen molar-refractivity contribution in [3.8, 4) is 0 Å². The molecule has 0 atom stereocenters. The fraction of sp³-hybridized carbons (Fsp3) is 0.938. The Bertz CT molecular complexity index is 299. The Labute approximate surface area is 130 Å². The molecule has 1 rings (SSSR count). The molecule has 0 aromatic heterocycles. The molecule has 0 bridgehead atoms. The fourth-order valence-electron chi connectivity index (χ4n) is 2.65. The maximum Gasteiger partial charge on any atom is 0.191 e. The quantitative estimate of drug-likeness (QED) is 0.408. The molecular formula is C16H34N4O. The summed E-state index contributed by atoms with van der Waals surface area (Å²) in [4.78, 5) is 7.14. The zero-order valence-electron chi connectivity index (χ0n) is 14.4. The minimum absolute atomic E-state index is 0.143. The van der Waals surface area contributed by atoms with Crippen LogP contribution >= 0.6 is 0 Å². The first-order valence-electron chi connectivity index (χ1n) is 8.42. The van der Waals surface area contributed by atoms with E-state index in [-0.39, 0.29) is 5.54 Å². The normalized spacial score (nSPS) is 18.8. The Morgan fingerprint density at radius 1 is 1.14 bits per heavy atom. The van der Waals surface area contributed by atoms with E-state index in [1.165, 1.54) is 19.3 Å². The number of hydrogen-bond acceptors (Lipinski definition) is 3. The SMILES string of the molecule is CCCCCNC(=NCC1(N(C)C)CCOCC1)NCC. The van der Waals surface area contributed by atoms with Crippen molar-refractivity contribution in [2.45, 2.75) is 51.5 Å². The van der Waals surface area contributed by atoms with Crippen molar-refractivity contribution in [1.82, 2.24) is 15.5 Å². The van der Waals surface area contributed by atoms with Crippen molar-refractivity contribution in [2.75, 3.05) is 46.9 Å². The van der Waals surface area contributed by atoms with E-state index in [1.807, 2.05) is 0 Å². The first-order valence-corrected chi connectivity index (χ1v) is 8.42. The highest BCUT2D eigenvalue weighted by molar-refractivity contribution is 5.79. The van der Waals surface area contributed by atoms with Gasteiger partial charge in [-0.1, -0.05) is 19.8 Å². The van der Waals surface area contributed by atoms with Gasteiger partial charge in [0, 0.05) is 31.8 Å². The van der Waals surface area contributed by atoms with Gasteiger partial charge in [0.25, 0.3) is 0 Å². The Morgan fingerprint density at radius 3 is 2.43 bits per heavy atom. The summed E-state index contributed by atoms with van der Waals surface area (Å²) in [5.74, 6) is 0.946. The number of aliphatic imine (C=N–C) groups is 1. The summed E-state index contributed by atoms with van der Waals surface area (Å²) in [6, 6.07) is 0. The van der Waals surface area contributed by atoms with Gasteiger partial charge < -0.3 is 20.3 Å². The van der Waals surface area contributed by atoms with Gasteiger partial charge in [-0.2, -0.15) is 0 Å². The second kappa shape index (κ2) is 10.0. The Kier molecular flexibility index (Phi) is 8.69. The van der Waals surface area contributed by atoms with Crippen LogP contribution in [0.3, 0.4) is 0 Å². The first-order chi connectivity index (χ1) is 10.1. The third-order valence-electron chi connectivity index (χ3n) is 4.32. The number of guanidine groups is 1. The van der Waals surface area contributed by atoms with Crippen molar-refractivity contribution in [3.05, 3.63) is 0 Å². The van der Waals surface area contributed by atoms with E-state index in [0.717, 1.165) is 51.6 Å². The standard InChI is InChI=1S/C16H34N4O/c1-5-7-8-11-18-15(17-6-2)19-14-16(20(3)4)9-12-21-13-10-16/h5-14H2,1-4H3,(H2,17,18,19). The molecule has 5 heteroatoms. The lowest BCUT2D eigenvalue weighted by molar-refractivity contribution is -0.00254. The molecule has 5 nitrogen and oxygen atoms in total. The largest absolute Gasteiger partial charge is 0.381 e. The minimum Gasteiger partial charge on any atom is -0.381 e. The highest BCUT2D eigenvalue weighted by Gasteiger charge is 2.34. The molecule has 1 saturated heterocycles. The summed E-state index contributed by atoms with van der Waals surface area (Å²) < 4.78 is 5.51. The molecule has 1 fully saturated rings. The van der Waals surface area contributed by atoms with E-state index < -0.39 is 0 Å². The van der Waals surface area contributed by atoms with Crippen LogP contribution in [0.15, 0.2) is 4.99 Å². The zero-order chi connectivity index (χ0) is 15.6. The topological polar surface area (TPSA) is 48.9 Å². The van der Waals surface area contributed by atoms with Crippen LogP contribution < -0.4 is 10.6 Å². The van der Waals surface area contributed by atoms with Gasteiger partial charge in [-0.15, -0.1) is 0 Å². The van der Waals surface area contributed by atoms with Crippen LogP contribution in [-0.4, -0.2) is 63.3 Å². The number of unbranched alkanes of at least 4 members (excludes halogenated alkanes) is 2. The molecule has 1 aliphatic heterocycles. The van der Waals surface area contributed by atoms with E-state index in [9.17, 15) is 0 Å². The molecule has 0 saturated carbocycles. The van der Waals surface area contributed by atoms with Crippen LogP contribution in [0.1, 0.15) is 46.0 Å². The maximum atomic E-state index is 5.51. The Balaban J connectivity index is 2.56. The highest BCUT2D eigenvalue weighted by Crippen LogP contribution is 2.26. The first kappa shape index (κ1) is 18.2. The lowest BCUT2D eigenvalue weighted by Crippen LogP contribution is -2.51. The van der Waals surface area contributed by atoms with Gasteiger partial charge in [0.2, 0.25) is 0 Å². The summed E-state index contributed by atoms with van der Waals surface area (Å²) in [7, 11) is 4.31. The number of nitrogens with zero attached hydrogens (tertiary/aromatic N) is 2. The molecule has 0 aromatic carbocycles. The summed E-state index contributed by atoms with van der Waals surface area (Å²) in [5, 5.41) is 6.78. The van der Waals surface area contributed by atoms with E-state index in [1.54, 1.807) is 0 Å². The number of rotatable bonds is 8. The molecule has 0 radical (unpaired) electrons. The van der Waals surface area contributed by atoms with Crippen LogP contribution in [0, 0.1) is 0 Å². The van der Waals surface area contributed by atoms with Gasteiger partial charge in [-0.05, 0) is 40.3 Å². The second-order valence-corrected chi connectivity index (χ2v) is 6.06. The molecule has 2 N–H and O–H groups in total. The third-order valence-corrected chi connectivity index (χ3v) is 4.32. The number of hydrogen-bond donors (Lipinski definition) is 2. The van der Waals surface area contributed by atoms with E-state index in [2.05, 4.69) is 43.5 Å². The molecule has 0 unspecified atom stereocenters. The van der Waals surface area contributed by atoms with Gasteiger partial charge >= 0.3 is 0 Å². The predicted molar refractivity (Wildman–Crippen MR) is 90.0 cm³/mol. The Hall–Kier alpha value is -0.810. The zero-order valence-corrected chi connectivity index (χ0v) is 14.4. The molecule has 0 aromatic rings. The minimum atomic E-state index is 0.143. The summed E-state index contributed by atoms with van der Waals surface area (Å²) >= 11 is 0. The maximum absolute atomic E-state index is 5.51. The van der Waals surface area contributed by atoms with Crippen LogP contribution in [0.25, 0.3) is 0 Å². The molecule has 1 aliphatic rings. The van der Waals surface area contributed by atoms with Gasteiger partial charge in [0.1, 0.15) is 0 Å². The lowest BCUT2D eigenvalue weighted by atomic mass is 9.89. The number of nitrogens with one attached hydrogen (secondary N) is 2. The van der Waals surface area contributed by atoms with Gasteiger partial charge in [-0.25, -0.2) is 0 Å². The van der Waals surface area contributed by atoms with Crippen LogP contribution in [0.4, 0.5) is 0 Å². The highest BCUT2D eigenvalue weighted by atomic mass is 16.5. The predicted octanol–water partition coefficient (Wildman–Crippen LogP) is 1.84. The van der Waals surface area contributed by atoms with E-state index >= 15 is 0 Å². The van der Waals surface area contributed by atoms with Crippen molar-refractivity contribution in [1.29, 1.82) is 0 Å². The van der Waals surface area contributed by atoms with E-state index in [4.69, 9.17) is 9.73 Å². The second-order valence-electron chi connectivity index (χ2n) is 6.06. The van der Waals surface area contributed by atoms with Crippen molar-refractivity contribution in [3.63, 3.8) is 0 Å². The molecule has 0 aliphatic carbocycles. The fourth-order valence-corrected chi connectivity index (χ4v) is 2.65. The summed E-state index contributed by atoms with van der Waals surface area (Å²) in [6.45, 7) is 8.74. The average Bonchev–Trinajstić information content (AvgIpc) is 2.50. The molecule has 1 heterocycles. The van der Waals surface area contributed by atoms with Gasteiger partial charge in [0.15, 0.2) is 5.96 Å². The smallest absolute Gasteiger partial charge is 0.191 e. The molecule has 124 valence electrons. The summed E-state index contributed by atoms with van der Waals surface area (Å²) in [6.07, 6.45) is 5.83. The number of ether oxygens (including phenoxy) is 1. The monoisotopic (exact) mass is 298 g/mol. The van der Waals surface area contributed by atoms with Gasteiger partial charge in [0.05, 0.1) is 6.54 Å². The molecule has 21 heavy (non-hydrogen) atoms. The summed E-state index contributed by atoms with van der Waals surface area (Å²) in [5.41, 5.74) is 0.143. The average molecular weight is 298 g/mol. The number of likely N-dealkylation sites (N-methyl/N-ethyl adjacent to an activating group) is 1. The van der Waals surface area contributed by atoms with Gasteiger partial charge in [-0.3, -0.25) is 4.99 Å². The van der Waals surface area contributed by atoms with Crippen molar-refractivity contribution >= 4 is 5.96 Å². The molecule has 0 spiro atoms. The van der Waals surface area contributed by atoms with Crippen molar-refractivity contribution < 1.29 is 4.74 Å². The lowest BCUT2D eigenvalue weighted by Gasteiger charge is -2.41. The molecule has 0 amide bonds. The van der Waals surface area contributed by atoms with Crippen LogP contribution in [0.5, 0.6) is 0 Å². The van der Waals surface area contributed by atoms with Crippen molar-refractivity contribution in [2.24, 2.45) is 4.99 Å². The Morgan fingerprint density at radius 2 is 1.86 bits per heavy atom. The third kappa shape index (κ3) is 6.22.